The number of rotatable bonds is 4. The third kappa shape index (κ3) is 4.67. The second kappa shape index (κ2) is 8.63. The van der Waals surface area contributed by atoms with E-state index in [9.17, 15) is 0 Å². The molecule has 0 unspecified atom stereocenters. The van der Waals surface area contributed by atoms with Crippen LogP contribution in [0.5, 0.6) is 0 Å². The lowest BCUT2D eigenvalue weighted by atomic mass is 10.1. The fraction of sp³-hybridized carbons (Fsp3) is 0.588. The van der Waals surface area contributed by atoms with Crippen LogP contribution in [0, 0.1) is 0 Å². The molecule has 1 saturated heterocycles. The number of nitrogens with one attached hydrogen (secondary N) is 1. The van der Waals surface area contributed by atoms with Crippen LogP contribution in [0.1, 0.15) is 32.2 Å². The molecule has 0 bridgehead atoms. The highest BCUT2D eigenvalue weighted by atomic mass is 15.3. The van der Waals surface area contributed by atoms with Gasteiger partial charge in [0.25, 0.3) is 0 Å². The third-order valence-corrected chi connectivity index (χ3v) is 4.36. The molecule has 2 rings (SSSR count). The maximum atomic E-state index is 4.58. The SMILES string of the molecule is C=CN(C)C(CC)=NC(=NC)Nc1cnn(C2CCN(C)CC2)c1. The summed E-state index contributed by atoms with van der Waals surface area (Å²) in [5.41, 5.74) is 0.912. The van der Waals surface area contributed by atoms with Crippen molar-refractivity contribution in [3.63, 3.8) is 0 Å². The molecule has 1 aromatic heterocycles. The number of likely N-dealkylation sites (tertiary alicyclic amines) is 1. The molecule has 0 atom stereocenters. The van der Waals surface area contributed by atoms with Crippen molar-refractivity contribution < 1.29 is 0 Å². The van der Waals surface area contributed by atoms with Crippen LogP contribution in [0.3, 0.4) is 0 Å². The van der Waals surface area contributed by atoms with Crippen LogP contribution in [0.25, 0.3) is 0 Å². The van der Waals surface area contributed by atoms with Crippen molar-refractivity contribution in [2.75, 3.05) is 39.5 Å². The molecule has 24 heavy (non-hydrogen) atoms. The van der Waals surface area contributed by atoms with E-state index in [0.29, 0.717) is 12.0 Å². The molecule has 1 aliphatic rings. The molecule has 1 N–H and O–H groups in total. The lowest BCUT2D eigenvalue weighted by Crippen LogP contribution is -2.31. The highest BCUT2D eigenvalue weighted by Gasteiger charge is 2.19. The molecule has 0 radical (unpaired) electrons. The predicted octanol–water partition coefficient (Wildman–Crippen LogP) is 2.43. The van der Waals surface area contributed by atoms with Gasteiger partial charge in [0, 0.05) is 26.7 Å². The molecule has 132 valence electrons. The zero-order valence-electron chi connectivity index (χ0n) is 15.2. The first-order valence-electron chi connectivity index (χ1n) is 8.46. The van der Waals surface area contributed by atoms with E-state index >= 15 is 0 Å². The zero-order valence-corrected chi connectivity index (χ0v) is 15.2. The number of nitrogens with zero attached hydrogens (tertiary/aromatic N) is 6. The second-order valence-electron chi connectivity index (χ2n) is 6.09. The van der Waals surface area contributed by atoms with E-state index in [1.165, 1.54) is 0 Å². The van der Waals surface area contributed by atoms with Gasteiger partial charge in [0.15, 0.2) is 0 Å². The highest BCUT2D eigenvalue weighted by Crippen LogP contribution is 2.22. The minimum Gasteiger partial charge on any atom is -0.340 e. The van der Waals surface area contributed by atoms with Gasteiger partial charge in [-0.15, -0.1) is 0 Å². The van der Waals surface area contributed by atoms with Crippen LogP contribution in [0.15, 0.2) is 35.2 Å². The second-order valence-corrected chi connectivity index (χ2v) is 6.09. The number of amidine groups is 1. The monoisotopic (exact) mass is 331 g/mol. The minimum absolute atomic E-state index is 0.473. The third-order valence-electron chi connectivity index (χ3n) is 4.36. The number of piperidine rings is 1. The molecular formula is C17H29N7. The highest BCUT2D eigenvalue weighted by molar-refractivity contribution is 6.02. The van der Waals surface area contributed by atoms with Crippen LogP contribution >= 0.6 is 0 Å². The summed E-state index contributed by atoms with van der Waals surface area (Å²) in [5.74, 6) is 1.48. The lowest BCUT2D eigenvalue weighted by molar-refractivity contribution is 0.212. The number of aromatic nitrogens is 2. The van der Waals surface area contributed by atoms with Gasteiger partial charge in [0.2, 0.25) is 5.96 Å². The molecule has 7 heteroatoms. The molecule has 0 aliphatic carbocycles. The Bertz CT molecular complexity index is 594. The van der Waals surface area contributed by atoms with Crippen molar-refractivity contribution in [1.82, 2.24) is 19.6 Å². The summed E-state index contributed by atoms with van der Waals surface area (Å²) in [6.07, 6.45) is 8.69. The van der Waals surface area contributed by atoms with Crippen molar-refractivity contribution in [3.05, 3.63) is 25.2 Å². The van der Waals surface area contributed by atoms with Gasteiger partial charge in [0.05, 0.1) is 17.9 Å². The van der Waals surface area contributed by atoms with Crippen LogP contribution in [0.4, 0.5) is 5.69 Å². The van der Waals surface area contributed by atoms with Crippen LogP contribution < -0.4 is 5.32 Å². The van der Waals surface area contributed by atoms with Gasteiger partial charge in [-0.05, 0) is 39.2 Å². The number of guanidine groups is 1. The van der Waals surface area contributed by atoms with Gasteiger partial charge in [-0.3, -0.25) is 9.67 Å². The Hall–Kier alpha value is -2.15. The quantitative estimate of drug-likeness (QED) is 0.680. The first-order valence-corrected chi connectivity index (χ1v) is 8.46. The molecular weight excluding hydrogens is 302 g/mol. The summed E-state index contributed by atoms with van der Waals surface area (Å²) < 4.78 is 2.06. The molecule has 1 aromatic rings. The first-order chi connectivity index (χ1) is 11.6. The summed E-state index contributed by atoms with van der Waals surface area (Å²) >= 11 is 0. The largest absolute Gasteiger partial charge is 0.340 e. The van der Waals surface area contributed by atoms with Crippen LogP contribution in [-0.2, 0) is 0 Å². The zero-order chi connectivity index (χ0) is 17.5. The Morgan fingerprint density at radius 3 is 2.79 bits per heavy atom. The van der Waals surface area contributed by atoms with Crippen LogP contribution in [0.2, 0.25) is 0 Å². The Labute approximate surface area is 144 Å². The van der Waals surface area contributed by atoms with Gasteiger partial charge in [-0.25, -0.2) is 0 Å². The first kappa shape index (κ1) is 18.2. The van der Waals surface area contributed by atoms with Crippen molar-refractivity contribution in [3.8, 4) is 0 Å². The van der Waals surface area contributed by atoms with Gasteiger partial charge in [0.1, 0.15) is 5.84 Å². The van der Waals surface area contributed by atoms with Gasteiger partial charge >= 0.3 is 0 Å². The van der Waals surface area contributed by atoms with Crippen molar-refractivity contribution in [2.24, 2.45) is 9.98 Å². The van der Waals surface area contributed by atoms with E-state index in [-0.39, 0.29) is 0 Å². The minimum atomic E-state index is 0.473. The Morgan fingerprint density at radius 1 is 1.50 bits per heavy atom. The van der Waals surface area contributed by atoms with E-state index in [1.54, 1.807) is 13.2 Å². The number of hydrogen-bond acceptors (Lipinski definition) is 3. The molecule has 0 aromatic carbocycles. The summed E-state index contributed by atoms with van der Waals surface area (Å²) in [4.78, 5) is 13.1. The maximum Gasteiger partial charge on any atom is 0.224 e. The summed E-state index contributed by atoms with van der Waals surface area (Å²) in [7, 11) is 5.83. The fourth-order valence-corrected chi connectivity index (χ4v) is 2.76. The van der Waals surface area contributed by atoms with E-state index in [2.05, 4.69) is 50.5 Å². The summed E-state index contributed by atoms with van der Waals surface area (Å²) in [5, 5.41) is 7.76. The summed E-state index contributed by atoms with van der Waals surface area (Å²) in [6, 6.07) is 0.473. The molecule has 0 saturated carbocycles. The maximum absolute atomic E-state index is 4.58. The molecule has 1 aliphatic heterocycles. The lowest BCUT2D eigenvalue weighted by Gasteiger charge is -2.28. The van der Waals surface area contributed by atoms with Crippen molar-refractivity contribution in [2.45, 2.75) is 32.2 Å². The predicted molar refractivity (Wildman–Crippen MR) is 101 cm³/mol. The van der Waals surface area contributed by atoms with E-state index in [1.807, 2.05) is 24.3 Å². The molecule has 7 nitrogen and oxygen atoms in total. The average Bonchev–Trinajstić information content (AvgIpc) is 3.07. The molecule has 2 heterocycles. The molecule has 0 amide bonds. The number of anilines is 1. The van der Waals surface area contributed by atoms with Gasteiger partial charge in [-0.2, -0.15) is 10.1 Å². The summed E-state index contributed by atoms with van der Waals surface area (Å²) in [6.45, 7) is 8.07. The van der Waals surface area contributed by atoms with Gasteiger partial charge in [-0.1, -0.05) is 13.5 Å². The topological polar surface area (TPSA) is 61.1 Å². The van der Waals surface area contributed by atoms with E-state index in [4.69, 9.17) is 0 Å². The normalized spacial score (nSPS) is 17.8. The van der Waals surface area contributed by atoms with Crippen LogP contribution in [-0.4, -0.2) is 65.6 Å². The smallest absolute Gasteiger partial charge is 0.224 e. The molecule has 0 spiro atoms. The van der Waals surface area contributed by atoms with Gasteiger partial charge < -0.3 is 15.1 Å². The Balaban J connectivity index is 2.04. The average molecular weight is 331 g/mol. The Morgan fingerprint density at radius 2 is 2.21 bits per heavy atom. The number of hydrogen-bond donors (Lipinski definition) is 1. The number of aliphatic imine (C=N–C) groups is 2. The van der Waals surface area contributed by atoms with Crippen molar-refractivity contribution >= 4 is 17.5 Å². The molecule has 1 fully saturated rings. The van der Waals surface area contributed by atoms with Crippen molar-refractivity contribution in [1.29, 1.82) is 0 Å². The van der Waals surface area contributed by atoms with E-state index in [0.717, 1.165) is 43.9 Å². The standard InChI is InChI=1S/C17H29N7/c1-6-16(23(5)7-2)21-17(18-3)20-14-12-19-24(13-14)15-8-10-22(4)11-9-15/h7,12-13,15H,2,6,8-11H2,1,3-5H3,(H,18,20). The van der Waals surface area contributed by atoms with E-state index < -0.39 is 0 Å². The Kier molecular flexibility index (Phi) is 6.54. The fourth-order valence-electron chi connectivity index (χ4n) is 2.76.